The van der Waals surface area contributed by atoms with Gasteiger partial charge in [-0.3, -0.25) is 4.79 Å². The Morgan fingerprint density at radius 3 is 3.22 bits per heavy atom. The lowest BCUT2D eigenvalue weighted by molar-refractivity contribution is -0.129. The average molecular weight is 284 g/mol. The smallest absolute Gasteiger partial charge is 0.233 e. The largest absolute Gasteiger partial charge is 0.334 e. The lowest BCUT2D eigenvalue weighted by Crippen LogP contribution is -2.31. The van der Waals surface area contributed by atoms with E-state index in [0.717, 1.165) is 31.6 Å². The maximum Gasteiger partial charge on any atom is 0.233 e. The molecule has 1 atom stereocenters. The van der Waals surface area contributed by atoms with Crippen LogP contribution in [-0.2, 0) is 4.79 Å². The summed E-state index contributed by atoms with van der Waals surface area (Å²) < 4.78 is 0. The zero-order chi connectivity index (χ0) is 12.8. The Balaban J connectivity index is 1.85. The third kappa shape index (κ3) is 3.49. The van der Waals surface area contributed by atoms with Crippen molar-refractivity contribution in [2.24, 2.45) is 5.73 Å². The summed E-state index contributed by atoms with van der Waals surface area (Å²) in [7, 11) is 0. The molecule has 0 spiro atoms. The maximum absolute atomic E-state index is 12.2. The van der Waals surface area contributed by atoms with Crippen molar-refractivity contribution in [2.75, 3.05) is 24.6 Å². The van der Waals surface area contributed by atoms with Gasteiger partial charge in [0.15, 0.2) is 0 Å². The Labute approximate surface area is 117 Å². The lowest BCUT2D eigenvalue weighted by atomic mass is 10.2. The third-order valence-electron chi connectivity index (χ3n) is 3.16. The fraction of sp³-hybridized carbons (Fsp3) is 0.615. The van der Waals surface area contributed by atoms with Crippen LogP contribution in [0.5, 0.6) is 0 Å². The Kier molecular flexibility index (Phi) is 5.53. The number of rotatable bonds is 6. The van der Waals surface area contributed by atoms with Crippen LogP contribution in [0.4, 0.5) is 0 Å². The summed E-state index contributed by atoms with van der Waals surface area (Å²) in [6, 6.07) is 4.53. The van der Waals surface area contributed by atoms with Crippen molar-refractivity contribution in [3.8, 4) is 0 Å². The fourth-order valence-corrected chi connectivity index (χ4v) is 4.00. The van der Waals surface area contributed by atoms with Gasteiger partial charge < -0.3 is 10.6 Å². The highest BCUT2D eigenvalue weighted by Gasteiger charge is 2.29. The van der Waals surface area contributed by atoms with Gasteiger partial charge in [0, 0.05) is 11.4 Å². The van der Waals surface area contributed by atoms with Crippen molar-refractivity contribution in [3.63, 3.8) is 0 Å². The first kappa shape index (κ1) is 13.9. The summed E-state index contributed by atoms with van der Waals surface area (Å²) in [5.74, 6) is 1.87. The fourth-order valence-electron chi connectivity index (χ4n) is 2.27. The molecule has 0 saturated carbocycles. The minimum Gasteiger partial charge on any atom is -0.334 e. The summed E-state index contributed by atoms with van der Waals surface area (Å²) in [6.45, 7) is 1.63. The molecule has 0 radical (unpaired) electrons. The Morgan fingerprint density at radius 1 is 1.61 bits per heavy atom. The number of thiophene rings is 1. The molecule has 2 rings (SSSR count). The number of likely N-dealkylation sites (tertiary alicyclic amines) is 1. The molecule has 1 aromatic heterocycles. The van der Waals surface area contributed by atoms with Gasteiger partial charge >= 0.3 is 0 Å². The molecule has 2 N–H and O–H groups in total. The van der Waals surface area contributed by atoms with Crippen LogP contribution in [0.3, 0.4) is 0 Å². The molecule has 1 aromatic rings. The summed E-state index contributed by atoms with van der Waals surface area (Å²) in [5.41, 5.74) is 5.45. The molecule has 1 saturated heterocycles. The van der Waals surface area contributed by atoms with E-state index in [1.165, 1.54) is 4.88 Å². The molecule has 1 unspecified atom stereocenters. The van der Waals surface area contributed by atoms with Crippen LogP contribution < -0.4 is 5.73 Å². The van der Waals surface area contributed by atoms with Gasteiger partial charge in [0.25, 0.3) is 0 Å². The molecule has 0 aromatic carbocycles. The van der Waals surface area contributed by atoms with Crippen molar-refractivity contribution in [2.45, 2.75) is 25.3 Å². The Hall–Kier alpha value is -0.520. The highest BCUT2D eigenvalue weighted by Crippen LogP contribution is 2.34. The minimum absolute atomic E-state index is 0.285. The molecule has 0 bridgehead atoms. The van der Waals surface area contributed by atoms with E-state index in [4.69, 9.17) is 5.73 Å². The molecule has 1 amide bonds. The monoisotopic (exact) mass is 284 g/mol. The van der Waals surface area contributed by atoms with Crippen LogP contribution in [0, 0.1) is 0 Å². The standard InChI is InChI=1S/C13H20N2OS2/c14-6-3-8-17-10-13(16)15-7-1-4-11(15)12-5-2-9-18-12/h2,5,9,11H,1,3-4,6-8,10,14H2. The Bertz CT molecular complexity index is 367. The van der Waals surface area contributed by atoms with Gasteiger partial charge in [0.05, 0.1) is 11.8 Å². The van der Waals surface area contributed by atoms with E-state index in [9.17, 15) is 4.79 Å². The molecule has 1 aliphatic rings. The highest BCUT2D eigenvalue weighted by atomic mass is 32.2. The normalized spacial score (nSPS) is 19.4. The number of nitrogens with zero attached hydrogens (tertiary/aromatic N) is 1. The number of carbonyl (C=O) groups excluding carboxylic acids is 1. The number of hydrogen-bond donors (Lipinski definition) is 1. The molecule has 100 valence electrons. The Morgan fingerprint density at radius 2 is 2.50 bits per heavy atom. The zero-order valence-electron chi connectivity index (χ0n) is 10.5. The minimum atomic E-state index is 0.285. The molecule has 5 heteroatoms. The highest BCUT2D eigenvalue weighted by molar-refractivity contribution is 7.99. The third-order valence-corrected chi connectivity index (χ3v) is 5.17. The number of carbonyl (C=O) groups is 1. The van der Waals surface area contributed by atoms with E-state index >= 15 is 0 Å². The van der Waals surface area contributed by atoms with Crippen molar-refractivity contribution >= 4 is 29.0 Å². The molecule has 1 aliphatic heterocycles. The van der Waals surface area contributed by atoms with E-state index in [1.54, 1.807) is 23.1 Å². The molecule has 2 heterocycles. The van der Waals surface area contributed by atoms with Crippen molar-refractivity contribution in [1.82, 2.24) is 4.90 Å². The van der Waals surface area contributed by atoms with Crippen LogP contribution in [0.15, 0.2) is 17.5 Å². The van der Waals surface area contributed by atoms with Gasteiger partial charge in [0.2, 0.25) is 5.91 Å². The van der Waals surface area contributed by atoms with E-state index in [0.29, 0.717) is 18.3 Å². The molecule has 18 heavy (non-hydrogen) atoms. The SMILES string of the molecule is NCCCSCC(=O)N1CCCC1c1cccs1. The number of nitrogens with two attached hydrogens (primary N) is 1. The zero-order valence-corrected chi connectivity index (χ0v) is 12.1. The summed E-state index contributed by atoms with van der Waals surface area (Å²) in [4.78, 5) is 15.6. The van der Waals surface area contributed by atoms with Crippen LogP contribution in [0.2, 0.25) is 0 Å². The van der Waals surface area contributed by atoms with Crippen molar-refractivity contribution in [1.29, 1.82) is 0 Å². The summed E-state index contributed by atoms with van der Waals surface area (Å²) >= 11 is 3.46. The quantitative estimate of drug-likeness (QED) is 0.816. The number of amides is 1. The van der Waals surface area contributed by atoms with Crippen LogP contribution in [0.1, 0.15) is 30.2 Å². The first-order valence-electron chi connectivity index (χ1n) is 6.43. The topological polar surface area (TPSA) is 46.3 Å². The number of thioether (sulfide) groups is 1. The van der Waals surface area contributed by atoms with Crippen molar-refractivity contribution < 1.29 is 4.79 Å². The first-order valence-corrected chi connectivity index (χ1v) is 8.47. The predicted molar refractivity (Wildman–Crippen MR) is 79.0 cm³/mol. The lowest BCUT2D eigenvalue weighted by Gasteiger charge is -2.23. The summed E-state index contributed by atoms with van der Waals surface area (Å²) in [6.07, 6.45) is 3.23. The maximum atomic E-state index is 12.2. The van der Waals surface area contributed by atoms with Gasteiger partial charge in [-0.25, -0.2) is 0 Å². The molecule has 0 aliphatic carbocycles. The van der Waals surface area contributed by atoms with Gasteiger partial charge in [-0.1, -0.05) is 6.07 Å². The van der Waals surface area contributed by atoms with E-state index in [1.807, 2.05) is 0 Å². The second-order valence-electron chi connectivity index (χ2n) is 4.46. The first-order chi connectivity index (χ1) is 8.83. The molecule has 1 fully saturated rings. The number of hydrogen-bond acceptors (Lipinski definition) is 4. The van der Waals surface area contributed by atoms with E-state index in [2.05, 4.69) is 22.4 Å². The average Bonchev–Trinajstić information content (AvgIpc) is 3.02. The molecular formula is C13H20N2OS2. The van der Waals surface area contributed by atoms with Crippen molar-refractivity contribution in [3.05, 3.63) is 22.4 Å². The van der Waals surface area contributed by atoms with Gasteiger partial charge in [0.1, 0.15) is 0 Å². The summed E-state index contributed by atoms with van der Waals surface area (Å²) in [5, 5.41) is 2.09. The molecular weight excluding hydrogens is 264 g/mol. The van der Waals surface area contributed by atoms with E-state index in [-0.39, 0.29) is 5.91 Å². The van der Waals surface area contributed by atoms with Gasteiger partial charge in [-0.2, -0.15) is 11.8 Å². The van der Waals surface area contributed by atoms with Gasteiger partial charge in [-0.05, 0) is 43.0 Å². The van der Waals surface area contributed by atoms with Crippen LogP contribution in [-0.4, -0.2) is 35.4 Å². The second kappa shape index (κ2) is 7.16. The van der Waals surface area contributed by atoms with Gasteiger partial charge in [-0.15, -0.1) is 11.3 Å². The van der Waals surface area contributed by atoms with Crippen LogP contribution >= 0.6 is 23.1 Å². The van der Waals surface area contributed by atoms with E-state index < -0.39 is 0 Å². The molecule has 3 nitrogen and oxygen atoms in total. The second-order valence-corrected chi connectivity index (χ2v) is 6.54. The van der Waals surface area contributed by atoms with Crippen LogP contribution in [0.25, 0.3) is 0 Å². The predicted octanol–water partition coefficient (Wildman–Crippen LogP) is 2.49.